The number of nitrogens with zero attached hydrogens (tertiary/aromatic N) is 3. The smallest absolute Gasteiger partial charge is 0.766 e. The Labute approximate surface area is 266 Å². The Morgan fingerprint density at radius 2 is 1.78 bits per heavy atom. The third-order valence-electron chi connectivity index (χ3n) is 3.92. The first-order chi connectivity index (χ1) is 14.6. The average molecular weight is 606 g/mol. The van der Waals surface area contributed by atoms with Crippen LogP contribution in [0.5, 0.6) is 0 Å². The Kier molecular flexibility index (Phi) is 16.3. The predicted octanol–water partition coefficient (Wildman–Crippen LogP) is -14.5. The molecule has 20 nitrogen and oxygen atoms in total. The number of hydrogen-bond acceptors (Lipinski definition) is 15. The van der Waals surface area contributed by atoms with Gasteiger partial charge in [-0.25, -0.2) is 4.98 Å². The molecule has 0 saturated carbocycles. The van der Waals surface area contributed by atoms with Crippen LogP contribution in [0.4, 0.5) is 5.95 Å². The molecule has 0 amide bonds. The van der Waals surface area contributed by atoms with E-state index in [9.17, 15) is 43.4 Å². The number of imidazole rings is 1. The Morgan fingerprint density at radius 1 is 1.19 bits per heavy atom. The third kappa shape index (κ3) is 10.1. The number of aliphatic hydroxyl groups is 2. The summed E-state index contributed by atoms with van der Waals surface area (Å²) in [5.74, 6) is -0.289. The van der Waals surface area contributed by atoms with Crippen LogP contribution in [0, 0.1) is 0 Å². The van der Waals surface area contributed by atoms with E-state index in [0.29, 0.717) is 4.86 Å². The molecule has 0 aromatic carbocycles. The number of aromatic amines is 1. The van der Waals surface area contributed by atoms with Crippen LogP contribution in [-0.2, 0) is 27.3 Å². The zero-order valence-electron chi connectivity index (χ0n) is 18.8. The summed E-state index contributed by atoms with van der Waals surface area (Å²) in [7, 11) is -17.3. The van der Waals surface area contributed by atoms with Gasteiger partial charge in [-0.15, -0.1) is 0 Å². The molecule has 0 bridgehead atoms. The van der Waals surface area contributed by atoms with E-state index in [2.05, 4.69) is 23.8 Å². The van der Waals surface area contributed by atoms with Crippen molar-refractivity contribution in [2.24, 2.45) is 0 Å². The molecule has 3 heterocycles. The van der Waals surface area contributed by atoms with Crippen molar-refractivity contribution in [3.63, 3.8) is 0 Å². The standard InChI is InChI=1S/C10H17N6O13P3.3Na.H2O/c11-10-13-7-4(8(19)14-10)12-2-16(7)9-6(18)5(17)3(28-9)1-27-32(25,26)29-31(23,24)15-30(20,21)22;;;;/h2-3,5-6,9,17-18H,1H2,(H,25,26)(H3,11,13,14,19)(H4,15,20,21,22,23,24);;;;1H2/q;3*+1;/p-3/t3-,5-,6-,9-;;;;/m1..../s1. The molecule has 1 aliphatic rings. The summed E-state index contributed by atoms with van der Waals surface area (Å²) >= 11 is 0. The normalized spacial score (nSPS) is 26.2. The second-order valence-electron chi connectivity index (χ2n) is 6.26. The fourth-order valence-electron chi connectivity index (χ4n) is 2.72. The number of phosphoric ester groups is 1. The van der Waals surface area contributed by atoms with Gasteiger partial charge in [-0.05, 0) is 0 Å². The third-order valence-corrected chi connectivity index (χ3v) is 8.03. The molecule has 3 unspecified atom stereocenters. The van der Waals surface area contributed by atoms with Crippen molar-refractivity contribution in [1.82, 2.24) is 24.4 Å². The van der Waals surface area contributed by atoms with Gasteiger partial charge in [-0.2, -0.15) is 9.84 Å². The van der Waals surface area contributed by atoms with Crippen LogP contribution < -0.4 is 120 Å². The summed E-state index contributed by atoms with van der Waals surface area (Å²) in [6.45, 7) is -1.09. The van der Waals surface area contributed by atoms with Crippen molar-refractivity contribution in [2.45, 2.75) is 24.5 Å². The van der Waals surface area contributed by atoms with Crippen molar-refractivity contribution < 1.29 is 151 Å². The van der Waals surface area contributed by atoms with Crippen LogP contribution in [0.2, 0.25) is 0 Å². The van der Waals surface area contributed by atoms with Gasteiger partial charge >= 0.3 is 88.7 Å². The van der Waals surface area contributed by atoms with Gasteiger partial charge in [0.05, 0.1) is 12.9 Å². The molecule has 26 heteroatoms. The molecule has 0 radical (unpaired) electrons. The first-order valence-electron chi connectivity index (χ1n) is 8.14. The molecule has 2 aromatic rings. The molecule has 9 N–H and O–H groups in total. The number of rotatable bonds is 8. The minimum atomic E-state index is -5.86. The number of aliphatic hydroxyl groups excluding tert-OH is 2. The van der Waals surface area contributed by atoms with Gasteiger partial charge in [0.15, 0.2) is 17.4 Å². The fraction of sp³-hybridized carbons (Fsp3) is 0.500. The maximum atomic E-state index is 11.8. The molecule has 36 heavy (non-hydrogen) atoms. The van der Waals surface area contributed by atoms with Gasteiger partial charge < -0.3 is 50.3 Å². The fourth-order valence-corrected chi connectivity index (χ4v) is 6.00. The molecule has 0 aliphatic carbocycles. The Bertz CT molecular complexity index is 1220. The first kappa shape index (κ1) is 39.5. The molecule has 1 fully saturated rings. The molecule has 7 atom stereocenters. The van der Waals surface area contributed by atoms with Crippen LogP contribution in [0.3, 0.4) is 0 Å². The minimum absolute atomic E-state index is 0. The predicted molar refractivity (Wildman–Crippen MR) is 97.3 cm³/mol. The van der Waals surface area contributed by atoms with Crippen LogP contribution in [0.15, 0.2) is 11.1 Å². The van der Waals surface area contributed by atoms with Crippen molar-refractivity contribution in [2.75, 3.05) is 12.3 Å². The number of nitrogen functional groups attached to an aromatic ring is 1. The molecular formula is C10H16N6Na3O14P3. The van der Waals surface area contributed by atoms with Crippen LogP contribution in [-0.4, -0.2) is 65.0 Å². The van der Waals surface area contributed by atoms with Crippen LogP contribution >= 0.6 is 23.3 Å². The number of aromatic nitrogens is 4. The number of nitrogens with two attached hydrogens (primary N) is 1. The second kappa shape index (κ2) is 14.9. The van der Waals surface area contributed by atoms with Crippen molar-refractivity contribution >= 4 is 40.4 Å². The Balaban J connectivity index is 0. The van der Waals surface area contributed by atoms with E-state index in [0.717, 1.165) is 10.9 Å². The topological polar surface area (TPSA) is 342 Å². The molecule has 1 aliphatic heterocycles. The summed E-state index contributed by atoms with van der Waals surface area (Å²) in [5, 5.41) is 20.4. The summed E-state index contributed by atoms with van der Waals surface area (Å²) < 4.78 is 47.6. The maximum Gasteiger partial charge on any atom is 1.00 e. The molecular weight excluding hydrogens is 590 g/mol. The van der Waals surface area contributed by atoms with Gasteiger partial charge in [0, 0.05) is 0 Å². The number of fused-ring (bicyclic) bond motifs is 1. The van der Waals surface area contributed by atoms with Gasteiger partial charge in [0.1, 0.15) is 18.3 Å². The second-order valence-corrected chi connectivity index (χ2v) is 10.9. The molecule has 0 spiro atoms. The van der Waals surface area contributed by atoms with E-state index in [4.69, 9.17) is 15.4 Å². The average Bonchev–Trinajstić information content (AvgIpc) is 3.12. The van der Waals surface area contributed by atoms with Crippen LogP contribution in [0.25, 0.3) is 11.2 Å². The zero-order valence-corrected chi connectivity index (χ0v) is 27.5. The van der Waals surface area contributed by atoms with Gasteiger partial charge in [0.2, 0.25) is 21.4 Å². The summed E-state index contributed by atoms with van der Waals surface area (Å²) in [6, 6.07) is 0. The van der Waals surface area contributed by atoms with Gasteiger partial charge in [-0.3, -0.25) is 32.4 Å². The number of hydrogen-bond donors (Lipinski definition) is 6. The summed E-state index contributed by atoms with van der Waals surface area (Å²) in [4.78, 5) is 64.1. The summed E-state index contributed by atoms with van der Waals surface area (Å²) in [6.07, 6.45) is -5.50. The van der Waals surface area contributed by atoms with Gasteiger partial charge in [-0.1, -0.05) is 0 Å². The van der Waals surface area contributed by atoms with Crippen LogP contribution in [0.1, 0.15) is 6.23 Å². The number of phosphoric acid groups is 1. The van der Waals surface area contributed by atoms with E-state index in [-0.39, 0.29) is 111 Å². The number of ether oxygens (including phenoxy) is 1. The molecule has 3 rings (SSSR count). The molecule has 2 aromatic heterocycles. The van der Waals surface area contributed by atoms with Gasteiger partial charge in [0.25, 0.3) is 13.4 Å². The van der Waals surface area contributed by atoms with Crippen molar-refractivity contribution in [3.8, 4) is 0 Å². The van der Waals surface area contributed by atoms with E-state index >= 15 is 0 Å². The van der Waals surface area contributed by atoms with E-state index in [1.54, 1.807) is 0 Å². The summed E-state index contributed by atoms with van der Waals surface area (Å²) in [5.41, 5.74) is 4.44. The monoisotopic (exact) mass is 606 g/mol. The molecule has 1 saturated heterocycles. The number of H-pyrrole nitrogens is 1. The first-order valence-corrected chi connectivity index (χ1v) is 12.7. The van der Waals surface area contributed by atoms with E-state index in [1.165, 1.54) is 0 Å². The van der Waals surface area contributed by atoms with E-state index < -0.39 is 60.0 Å². The van der Waals surface area contributed by atoms with E-state index in [1.807, 2.05) is 0 Å². The SMILES string of the molecule is Nc1nc2c(ncn2[C@@H]2O[C@H](COP(=O)([O-])OP(=O)([O-])NP(=O)([O-])O)[C@@H](O)[C@H]2O)c(=O)[nH]1.O.[Na+].[Na+].[Na+]. The maximum absolute atomic E-state index is 11.8. The molecule has 188 valence electrons. The Morgan fingerprint density at radius 3 is 2.33 bits per heavy atom. The van der Waals surface area contributed by atoms with Crippen molar-refractivity contribution in [3.05, 3.63) is 16.7 Å². The number of nitrogens with one attached hydrogen (secondary N) is 2. The van der Waals surface area contributed by atoms with Crippen molar-refractivity contribution in [1.29, 1.82) is 0 Å². The largest absolute Gasteiger partial charge is 1.00 e. The number of anilines is 1. The zero-order chi connectivity index (χ0) is 24.1. The Hall–Kier alpha value is 1.40. The quantitative estimate of drug-likeness (QED) is 0.120. The minimum Gasteiger partial charge on any atom is -0.766 e.